The maximum atomic E-state index is 13.3. The maximum Gasteiger partial charge on any atom is 0.317 e. The molecule has 134 valence electrons. The molecule has 0 saturated heterocycles. The van der Waals surface area contributed by atoms with Crippen molar-refractivity contribution in [1.82, 2.24) is 4.90 Å². The lowest BCUT2D eigenvalue weighted by atomic mass is 10.3. The van der Waals surface area contributed by atoms with E-state index in [2.05, 4.69) is 0 Å². The number of benzene rings is 2. The minimum atomic E-state index is -0.856. The van der Waals surface area contributed by atoms with Crippen molar-refractivity contribution in [2.45, 2.75) is 16.7 Å². The molecule has 0 amide bonds. The van der Waals surface area contributed by atoms with Crippen molar-refractivity contribution >= 4 is 29.3 Å². The molecular weight excluding hydrogens is 365 g/mol. The van der Waals surface area contributed by atoms with Crippen molar-refractivity contribution in [2.24, 2.45) is 0 Å². The first-order chi connectivity index (χ1) is 12.0. The second kappa shape index (κ2) is 9.65. The minimum absolute atomic E-state index is 0.00959. The Morgan fingerprint density at radius 2 is 2.08 bits per heavy atom. The zero-order chi connectivity index (χ0) is 18.2. The molecule has 2 rings (SSSR count). The van der Waals surface area contributed by atoms with Gasteiger partial charge in [0.05, 0.1) is 16.5 Å². The molecule has 4 nitrogen and oxygen atoms in total. The Hall–Kier alpha value is -1.76. The number of aliphatic carboxylic acids is 1. The van der Waals surface area contributed by atoms with Gasteiger partial charge in [-0.05, 0) is 36.9 Å². The fourth-order valence-corrected chi connectivity index (χ4v) is 3.33. The van der Waals surface area contributed by atoms with Crippen molar-refractivity contribution in [2.75, 3.05) is 26.2 Å². The highest BCUT2D eigenvalue weighted by Crippen LogP contribution is 2.36. The molecule has 0 aliphatic carbocycles. The lowest BCUT2D eigenvalue weighted by molar-refractivity contribution is -0.138. The SMILES string of the molecule is CCN(CCOc1ccccc1Sc1ccc(F)c(Cl)c1)CC(=O)O. The van der Waals surface area contributed by atoms with Gasteiger partial charge in [-0.1, -0.05) is 42.4 Å². The lowest BCUT2D eigenvalue weighted by Gasteiger charge is -2.18. The number of ether oxygens (including phenoxy) is 1. The van der Waals surface area contributed by atoms with E-state index >= 15 is 0 Å². The van der Waals surface area contributed by atoms with E-state index in [1.807, 2.05) is 31.2 Å². The summed E-state index contributed by atoms with van der Waals surface area (Å²) in [6.45, 7) is 3.43. The van der Waals surface area contributed by atoms with E-state index in [0.29, 0.717) is 25.4 Å². The maximum absolute atomic E-state index is 13.3. The van der Waals surface area contributed by atoms with Crippen LogP contribution in [0.4, 0.5) is 4.39 Å². The zero-order valence-corrected chi connectivity index (χ0v) is 15.3. The normalized spacial score (nSPS) is 10.9. The van der Waals surface area contributed by atoms with Gasteiger partial charge in [-0.2, -0.15) is 0 Å². The third-order valence-corrected chi connectivity index (χ3v) is 4.78. The van der Waals surface area contributed by atoms with E-state index in [9.17, 15) is 9.18 Å². The Morgan fingerprint density at radius 1 is 1.32 bits per heavy atom. The van der Waals surface area contributed by atoms with E-state index in [1.54, 1.807) is 17.0 Å². The van der Waals surface area contributed by atoms with Gasteiger partial charge in [-0.25, -0.2) is 4.39 Å². The molecule has 0 aliphatic rings. The number of halogens is 2. The molecule has 0 fully saturated rings. The molecule has 0 unspecified atom stereocenters. The molecule has 0 aliphatic heterocycles. The van der Waals surface area contributed by atoms with Crippen LogP contribution in [0.25, 0.3) is 0 Å². The Kier molecular flexibility index (Phi) is 7.55. The first kappa shape index (κ1) is 19.6. The number of rotatable bonds is 9. The predicted octanol–water partition coefficient (Wildman–Crippen LogP) is 4.42. The van der Waals surface area contributed by atoms with Crippen molar-refractivity contribution in [3.63, 3.8) is 0 Å². The predicted molar refractivity (Wildman–Crippen MR) is 97.2 cm³/mol. The van der Waals surface area contributed by atoms with Crippen molar-refractivity contribution in [1.29, 1.82) is 0 Å². The van der Waals surface area contributed by atoms with E-state index in [-0.39, 0.29) is 11.6 Å². The quantitative estimate of drug-likeness (QED) is 0.694. The molecule has 0 bridgehead atoms. The van der Waals surface area contributed by atoms with Gasteiger partial charge in [0.15, 0.2) is 0 Å². The molecule has 2 aromatic carbocycles. The van der Waals surface area contributed by atoms with Crippen LogP contribution in [0.3, 0.4) is 0 Å². The highest BCUT2D eigenvalue weighted by Gasteiger charge is 2.10. The summed E-state index contributed by atoms with van der Waals surface area (Å²) in [5.41, 5.74) is 0. The van der Waals surface area contributed by atoms with E-state index in [1.165, 1.54) is 17.8 Å². The monoisotopic (exact) mass is 383 g/mol. The summed E-state index contributed by atoms with van der Waals surface area (Å²) in [4.78, 5) is 14.3. The molecule has 2 aromatic rings. The van der Waals surface area contributed by atoms with Crippen LogP contribution in [0.5, 0.6) is 5.75 Å². The van der Waals surface area contributed by atoms with Crippen LogP contribution in [-0.2, 0) is 4.79 Å². The van der Waals surface area contributed by atoms with Crippen LogP contribution in [0.15, 0.2) is 52.3 Å². The third kappa shape index (κ3) is 6.23. The van der Waals surface area contributed by atoms with Crippen LogP contribution in [-0.4, -0.2) is 42.2 Å². The Labute approximate surface area is 155 Å². The topological polar surface area (TPSA) is 49.8 Å². The zero-order valence-electron chi connectivity index (χ0n) is 13.7. The standard InChI is InChI=1S/C18H19ClFNO3S/c1-2-21(12-18(22)23)9-10-24-16-5-3-4-6-17(16)25-13-7-8-15(20)14(19)11-13/h3-8,11H,2,9-10,12H2,1H3,(H,22,23). The van der Waals surface area contributed by atoms with Crippen LogP contribution in [0.1, 0.15) is 6.92 Å². The van der Waals surface area contributed by atoms with E-state index in [0.717, 1.165) is 9.79 Å². The highest BCUT2D eigenvalue weighted by atomic mass is 35.5. The fourth-order valence-electron chi connectivity index (χ4n) is 2.15. The van der Waals surface area contributed by atoms with Gasteiger partial charge < -0.3 is 9.84 Å². The molecule has 25 heavy (non-hydrogen) atoms. The number of carboxylic acids is 1. The molecule has 0 heterocycles. The van der Waals surface area contributed by atoms with E-state index in [4.69, 9.17) is 21.4 Å². The number of carboxylic acid groups (broad SMARTS) is 1. The third-order valence-electron chi connectivity index (χ3n) is 3.44. The van der Waals surface area contributed by atoms with E-state index < -0.39 is 11.8 Å². The summed E-state index contributed by atoms with van der Waals surface area (Å²) in [5, 5.41) is 8.94. The van der Waals surface area contributed by atoms with Crippen LogP contribution in [0.2, 0.25) is 5.02 Å². The van der Waals surface area contributed by atoms with Crippen LogP contribution >= 0.6 is 23.4 Å². The molecule has 0 spiro atoms. The minimum Gasteiger partial charge on any atom is -0.491 e. The van der Waals surface area contributed by atoms with Gasteiger partial charge in [-0.3, -0.25) is 9.69 Å². The summed E-state index contributed by atoms with van der Waals surface area (Å²) < 4.78 is 19.1. The fraction of sp³-hybridized carbons (Fsp3) is 0.278. The second-order valence-electron chi connectivity index (χ2n) is 5.24. The first-order valence-corrected chi connectivity index (χ1v) is 8.98. The summed E-state index contributed by atoms with van der Waals surface area (Å²) in [5.74, 6) is -0.612. The Balaban J connectivity index is 2.00. The number of para-hydroxylation sites is 1. The van der Waals surface area contributed by atoms with Crippen LogP contribution < -0.4 is 4.74 Å². The van der Waals surface area contributed by atoms with Gasteiger partial charge in [0, 0.05) is 11.4 Å². The smallest absolute Gasteiger partial charge is 0.317 e. The number of hydrogen-bond donors (Lipinski definition) is 1. The lowest BCUT2D eigenvalue weighted by Crippen LogP contribution is -2.33. The van der Waals surface area contributed by atoms with Gasteiger partial charge in [-0.15, -0.1) is 0 Å². The van der Waals surface area contributed by atoms with Crippen molar-refractivity contribution in [3.8, 4) is 5.75 Å². The average Bonchev–Trinajstić information content (AvgIpc) is 2.58. The molecule has 0 atom stereocenters. The summed E-state index contributed by atoms with van der Waals surface area (Å²) in [6, 6.07) is 12.1. The van der Waals surface area contributed by atoms with Crippen LogP contribution in [0, 0.1) is 5.82 Å². The molecule has 7 heteroatoms. The first-order valence-electron chi connectivity index (χ1n) is 7.78. The van der Waals surface area contributed by atoms with Gasteiger partial charge >= 0.3 is 5.97 Å². The van der Waals surface area contributed by atoms with Gasteiger partial charge in [0.2, 0.25) is 0 Å². The summed E-state index contributed by atoms with van der Waals surface area (Å²) >= 11 is 7.25. The highest BCUT2D eigenvalue weighted by molar-refractivity contribution is 7.99. The number of hydrogen-bond acceptors (Lipinski definition) is 4. The molecule has 0 radical (unpaired) electrons. The van der Waals surface area contributed by atoms with Gasteiger partial charge in [0.1, 0.15) is 18.2 Å². The van der Waals surface area contributed by atoms with Crippen molar-refractivity contribution < 1.29 is 19.0 Å². The Bertz CT molecular complexity index is 729. The molecule has 1 N–H and O–H groups in total. The second-order valence-corrected chi connectivity index (χ2v) is 6.76. The molecule has 0 saturated carbocycles. The summed E-state index contributed by atoms with van der Waals surface area (Å²) in [7, 11) is 0. The number of carbonyl (C=O) groups is 1. The largest absolute Gasteiger partial charge is 0.491 e. The number of nitrogens with zero attached hydrogens (tertiary/aromatic N) is 1. The van der Waals surface area contributed by atoms with Gasteiger partial charge in [0.25, 0.3) is 0 Å². The van der Waals surface area contributed by atoms with Crippen molar-refractivity contribution in [3.05, 3.63) is 53.3 Å². The number of likely N-dealkylation sites (N-methyl/N-ethyl adjacent to an activating group) is 1. The molecule has 0 aromatic heterocycles. The summed E-state index contributed by atoms with van der Waals surface area (Å²) in [6.07, 6.45) is 0. The average molecular weight is 384 g/mol. The Morgan fingerprint density at radius 3 is 2.76 bits per heavy atom. The molecular formula is C18H19ClFNO3S.